The highest BCUT2D eigenvalue weighted by molar-refractivity contribution is 6.62. The van der Waals surface area contributed by atoms with Crippen LogP contribution in [-0.4, -0.2) is 28.3 Å². The van der Waals surface area contributed by atoms with Crippen LogP contribution in [-0.2, 0) is 9.31 Å². The molecule has 2 aromatic carbocycles. The SMILES string of the molecule is CC1(C)OB(c2cccc(-c3ccnc(-c4ccccc4)n3)c2)OC1(C)C. The highest BCUT2D eigenvalue weighted by atomic mass is 16.7. The van der Waals surface area contributed by atoms with Crippen LogP contribution in [0.15, 0.2) is 66.9 Å². The van der Waals surface area contributed by atoms with Gasteiger partial charge in [-0.2, -0.15) is 0 Å². The highest BCUT2D eigenvalue weighted by Gasteiger charge is 2.51. The Morgan fingerprint density at radius 1 is 0.778 bits per heavy atom. The minimum Gasteiger partial charge on any atom is -0.399 e. The summed E-state index contributed by atoms with van der Waals surface area (Å²) in [7, 11) is -0.384. The minimum absolute atomic E-state index is 0.358. The molecule has 1 aliphatic heterocycles. The number of hydrogen-bond acceptors (Lipinski definition) is 4. The summed E-state index contributed by atoms with van der Waals surface area (Å²) in [5, 5.41) is 0. The average Bonchev–Trinajstić information content (AvgIpc) is 2.90. The largest absolute Gasteiger partial charge is 0.494 e. The lowest BCUT2D eigenvalue weighted by Crippen LogP contribution is -2.41. The molecule has 0 amide bonds. The lowest BCUT2D eigenvalue weighted by atomic mass is 9.78. The molecular weight excluding hydrogens is 335 g/mol. The molecule has 0 aliphatic carbocycles. The molecule has 0 atom stereocenters. The van der Waals surface area contributed by atoms with Crippen LogP contribution >= 0.6 is 0 Å². The van der Waals surface area contributed by atoms with Crippen molar-refractivity contribution in [3.05, 3.63) is 66.9 Å². The maximum Gasteiger partial charge on any atom is 0.494 e. The minimum atomic E-state index is -0.384. The van der Waals surface area contributed by atoms with Crippen molar-refractivity contribution in [2.45, 2.75) is 38.9 Å². The second kappa shape index (κ2) is 6.59. The Labute approximate surface area is 160 Å². The fraction of sp³-hybridized carbons (Fsp3) is 0.273. The second-order valence-electron chi connectivity index (χ2n) is 7.85. The molecule has 4 nitrogen and oxygen atoms in total. The van der Waals surface area contributed by atoms with Gasteiger partial charge in [0.25, 0.3) is 0 Å². The Morgan fingerprint density at radius 2 is 1.44 bits per heavy atom. The van der Waals surface area contributed by atoms with E-state index < -0.39 is 0 Å². The van der Waals surface area contributed by atoms with Gasteiger partial charge in [0.1, 0.15) is 0 Å². The van der Waals surface area contributed by atoms with Crippen molar-refractivity contribution in [2.75, 3.05) is 0 Å². The first-order valence-electron chi connectivity index (χ1n) is 9.20. The Kier molecular flexibility index (Phi) is 4.37. The number of hydrogen-bond donors (Lipinski definition) is 0. The maximum absolute atomic E-state index is 6.18. The third-order valence-corrected chi connectivity index (χ3v) is 5.40. The van der Waals surface area contributed by atoms with Gasteiger partial charge in [0, 0.05) is 11.8 Å². The summed E-state index contributed by atoms with van der Waals surface area (Å²) in [4.78, 5) is 9.16. The molecule has 1 aliphatic rings. The van der Waals surface area contributed by atoms with Crippen molar-refractivity contribution in [3.63, 3.8) is 0 Å². The van der Waals surface area contributed by atoms with Gasteiger partial charge in [-0.1, -0.05) is 54.6 Å². The van der Waals surface area contributed by atoms with Crippen molar-refractivity contribution in [1.29, 1.82) is 0 Å². The third kappa shape index (κ3) is 3.40. The Morgan fingerprint density at radius 3 is 2.15 bits per heavy atom. The Balaban J connectivity index is 1.66. The molecule has 0 spiro atoms. The molecule has 3 aromatic rings. The highest BCUT2D eigenvalue weighted by Crippen LogP contribution is 2.36. The predicted octanol–water partition coefficient (Wildman–Crippen LogP) is 4.11. The summed E-state index contributed by atoms with van der Waals surface area (Å²) in [6.45, 7) is 8.25. The van der Waals surface area contributed by atoms with Gasteiger partial charge in [-0.25, -0.2) is 9.97 Å². The summed E-state index contributed by atoms with van der Waals surface area (Å²) < 4.78 is 12.4. The van der Waals surface area contributed by atoms with Crippen molar-refractivity contribution in [2.24, 2.45) is 0 Å². The summed E-state index contributed by atoms with van der Waals surface area (Å²) in [5.74, 6) is 0.717. The monoisotopic (exact) mass is 358 g/mol. The van der Waals surface area contributed by atoms with Crippen LogP contribution in [0.3, 0.4) is 0 Å². The lowest BCUT2D eigenvalue weighted by Gasteiger charge is -2.32. The van der Waals surface area contributed by atoms with E-state index in [0.717, 1.165) is 22.3 Å². The van der Waals surface area contributed by atoms with Gasteiger partial charge in [-0.3, -0.25) is 0 Å². The first-order chi connectivity index (χ1) is 12.9. The van der Waals surface area contributed by atoms with Crippen LogP contribution in [0.1, 0.15) is 27.7 Å². The quantitative estimate of drug-likeness (QED) is 0.661. The van der Waals surface area contributed by atoms with Gasteiger partial charge in [0.2, 0.25) is 0 Å². The zero-order valence-electron chi connectivity index (χ0n) is 16.1. The molecule has 0 bridgehead atoms. The van der Waals surface area contributed by atoms with E-state index in [1.165, 1.54) is 0 Å². The van der Waals surface area contributed by atoms with Crippen molar-refractivity contribution >= 4 is 12.6 Å². The first-order valence-corrected chi connectivity index (χ1v) is 9.20. The van der Waals surface area contributed by atoms with Gasteiger partial charge < -0.3 is 9.31 Å². The van der Waals surface area contributed by atoms with E-state index in [-0.39, 0.29) is 18.3 Å². The third-order valence-electron chi connectivity index (χ3n) is 5.40. The first kappa shape index (κ1) is 17.9. The Hall–Kier alpha value is -2.50. The molecule has 0 N–H and O–H groups in total. The predicted molar refractivity (Wildman–Crippen MR) is 109 cm³/mol. The van der Waals surface area contributed by atoms with Gasteiger partial charge >= 0.3 is 7.12 Å². The van der Waals surface area contributed by atoms with Crippen molar-refractivity contribution in [3.8, 4) is 22.6 Å². The number of nitrogens with zero attached hydrogens (tertiary/aromatic N) is 2. The van der Waals surface area contributed by atoms with Crippen LogP contribution in [0.4, 0.5) is 0 Å². The summed E-state index contributed by atoms with van der Waals surface area (Å²) >= 11 is 0. The lowest BCUT2D eigenvalue weighted by molar-refractivity contribution is 0.00578. The normalized spacial score (nSPS) is 17.9. The average molecular weight is 358 g/mol. The molecule has 136 valence electrons. The number of rotatable bonds is 3. The molecule has 27 heavy (non-hydrogen) atoms. The molecule has 2 heterocycles. The van der Waals surface area contributed by atoms with Crippen LogP contribution < -0.4 is 5.46 Å². The summed E-state index contributed by atoms with van der Waals surface area (Å²) in [6, 6.07) is 20.1. The molecule has 1 saturated heterocycles. The van der Waals surface area contributed by atoms with Crippen LogP contribution in [0.2, 0.25) is 0 Å². The van der Waals surface area contributed by atoms with Crippen molar-refractivity contribution < 1.29 is 9.31 Å². The van der Waals surface area contributed by atoms with Crippen LogP contribution in [0, 0.1) is 0 Å². The molecule has 0 radical (unpaired) electrons. The molecule has 0 saturated carbocycles. The fourth-order valence-electron chi connectivity index (χ4n) is 3.07. The van der Waals surface area contributed by atoms with E-state index in [0.29, 0.717) is 5.82 Å². The van der Waals surface area contributed by atoms with E-state index in [9.17, 15) is 0 Å². The number of benzene rings is 2. The topological polar surface area (TPSA) is 44.2 Å². The zero-order valence-corrected chi connectivity index (χ0v) is 16.1. The van der Waals surface area contributed by atoms with E-state index >= 15 is 0 Å². The van der Waals surface area contributed by atoms with Gasteiger partial charge in [-0.05, 0) is 44.8 Å². The molecule has 4 rings (SSSR count). The smallest absolute Gasteiger partial charge is 0.399 e. The van der Waals surface area contributed by atoms with E-state index in [1.54, 1.807) is 6.20 Å². The van der Waals surface area contributed by atoms with Gasteiger partial charge in [0.15, 0.2) is 5.82 Å². The van der Waals surface area contributed by atoms with Crippen LogP contribution in [0.25, 0.3) is 22.6 Å². The summed E-state index contributed by atoms with van der Waals surface area (Å²) in [5.41, 5.74) is 3.17. The zero-order chi connectivity index (χ0) is 19.1. The molecular formula is C22H23BN2O2. The second-order valence-corrected chi connectivity index (χ2v) is 7.85. The molecule has 1 fully saturated rings. The molecule has 5 heteroatoms. The van der Waals surface area contributed by atoms with E-state index in [4.69, 9.17) is 14.3 Å². The van der Waals surface area contributed by atoms with Gasteiger partial charge in [0.05, 0.1) is 16.9 Å². The van der Waals surface area contributed by atoms with E-state index in [2.05, 4.69) is 38.7 Å². The Bertz CT molecular complexity index is 941. The maximum atomic E-state index is 6.18. The van der Waals surface area contributed by atoms with E-state index in [1.807, 2.05) is 54.6 Å². The molecule has 0 unspecified atom stereocenters. The van der Waals surface area contributed by atoms with Gasteiger partial charge in [-0.15, -0.1) is 0 Å². The number of aromatic nitrogens is 2. The van der Waals surface area contributed by atoms with Crippen LogP contribution in [0.5, 0.6) is 0 Å². The summed E-state index contributed by atoms with van der Waals surface area (Å²) in [6.07, 6.45) is 1.80. The van der Waals surface area contributed by atoms with Crippen molar-refractivity contribution in [1.82, 2.24) is 9.97 Å². The standard InChI is InChI=1S/C22H23BN2O2/c1-21(2)22(3,4)27-23(26-21)18-12-8-11-17(15-18)19-13-14-24-20(25-19)16-9-6-5-7-10-16/h5-15H,1-4H3. The molecule has 1 aromatic heterocycles. The fourth-order valence-corrected chi connectivity index (χ4v) is 3.07.